The summed E-state index contributed by atoms with van der Waals surface area (Å²) in [6.45, 7) is 0. The van der Waals surface area contributed by atoms with E-state index in [2.05, 4.69) is 0 Å². The van der Waals surface area contributed by atoms with Gasteiger partial charge in [-0.25, -0.2) is 4.39 Å². The van der Waals surface area contributed by atoms with Crippen molar-refractivity contribution in [2.75, 3.05) is 7.11 Å². The van der Waals surface area contributed by atoms with Gasteiger partial charge in [0.1, 0.15) is 5.82 Å². The maximum absolute atomic E-state index is 13.0. The van der Waals surface area contributed by atoms with Crippen LogP contribution < -0.4 is 5.73 Å². The Hall–Kier alpha value is -1.42. The van der Waals surface area contributed by atoms with E-state index in [-0.39, 0.29) is 17.7 Å². The van der Waals surface area contributed by atoms with Crippen LogP contribution in [0.15, 0.2) is 18.2 Å². The standard InChI is InChI=1S/C12H14FNO2/c1-16-12(15)10-4-2-7-6-8(13)3-5-9(7)11(10)14/h3,5-6,10-11H,2,4,14H2,1H3. The number of carbonyl (C=O) groups excluding carboxylic acids is 1. The number of nitrogens with two attached hydrogens (primary N) is 1. The highest BCUT2D eigenvalue weighted by molar-refractivity contribution is 5.74. The van der Waals surface area contributed by atoms with Crippen molar-refractivity contribution in [1.29, 1.82) is 0 Å². The molecule has 2 unspecified atom stereocenters. The third-order valence-corrected chi connectivity index (χ3v) is 3.13. The Morgan fingerprint density at radius 3 is 3.00 bits per heavy atom. The molecule has 0 heterocycles. The molecule has 16 heavy (non-hydrogen) atoms. The summed E-state index contributed by atoms with van der Waals surface area (Å²) < 4.78 is 17.7. The number of esters is 1. The van der Waals surface area contributed by atoms with E-state index in [4.69, 9.17) is 10.5 Å². The van der Waals surface area contributed by atoms with Crippen LogP contribution >= 0.6 is 0 Å². The molecule has 2 N–H and O–H groups in total. The zero-order valence-corrected chi connectivity index (χ0v) is 9.07. The smallest absolute Gasteiger partial charge is 0.310 e. The van der Waals surface area contributed by atoms with E-state index in [0.29, 0.717) is 12.8 Å². The number of hydrogen-bond donors (Lipinski definition) is 1. The van der Waals surface area contributed by atoms with Crippen molar-refractivity contribution >= 4 is 5.97 Å². The fraction of sp³-hybridized carbons (Fsp3) is 0.417. The number of fused-ring (bicyclic) bond motifs is 1. The molecule has 86 valence electrons. The molecule has 2 atom stereocenters. The van der Waals surface area contributed by atoms with Crippen LogP contribution in [-0.2, 0) is 16.0 Å². The average molecular weight is 223 g/mol. The van der Waals surface area contributed by atoms with E-state index in [0.717, 1.165) is 11.1 Å². The van der Waals surface area contributed by atoms with E-state index < -0.39 is 6.04 Å². The van der Waals surface area contributed by atoms with Gasteiger partial charge in [0.2, 0.25) is 0 Å². The predicted octanol–water partition coefficient (Wildman–Crippen LogP) is 1.56. The second kappa shape index (κ2) is 4.22. The van der Waals surface area contributed by atoms with Gasteiger partial charge in [-0.1, -0.05) is 6.07 Å². The highest BCUT2D eigenvalue weighted by Crippen LogP contribution is 2.33. The first-order chi connectivity index (χ1) is 7.63. The van der Waals surface area contributed by atoms with Gasteiger partial charge < -0.3 is 10.5 Å². The Morgan fingerprint density at radius 1 is 1.56 bits per heavy atom. The molecule has 2 rings (SSSR count). The fourth-order valence-electron chi connectivity index (χ4n) is 2.24. The van der Waals surface area contributed by atoms with Crippen molar-refractivity contribution in [2.24, 2.45) is 11.7 Å². The molecular formula is C12H14FNO2. The number of methoxy groups -OCH3 is 1. The van der Waals surface area contributed by atoms with Gasteiger partial charge in [0.15, 0.2) is 0 Å². The molecule has 0 aliphatic heterocycles. The molecule has 1 aliphatic carbocycles. The van der Waals surface area contributed by atoms with Crippen LogP contribution in [0, 0.1) is 11.7 Å². The summed E-state index contributed by atoms with van der Waals surface area (Å²) >= 11 is 0. The van der Waals surface area contributed by atoms with Crippen LogP contribution in [0.2, 0.25) is 0 Å². The minimum atomic E-state index is -0.392. The normalized spacial score (nSPS) is 23.7. The molecule has 0 spiro atoms. The van der Waals surface area contributed by atoms with Gasteiger partial charge in [0.25, 0.3) is 0 Å². The van der Waals surface area contributed by atoms with Crippen molar-refractivity contribution in [1.82, 2.24) is 0 Å². The molecule has 4 heteroatoms. The second-order valence-corrected chi connectivity index (χ2v) is 4.04. The lowest BCUT2D eigenvalue weighted by molar-refractivity contribution is -0.146. The Labute approximate surface area is 93.4 Å². The summed E-state index contributed by atoms with van der Waals surface area (Å²) in [5.41, 5.74) is 7.74. The van der Waals surface area contributed by atoms with E-state index in [1.165, 1.54) is 19.2 Å². The molecule has 0 radical (unpaired) electrons. The lowest BCUT2D eigenvalue weighted by Crippen LogP contribution is -2.33. The van der Waals surface area contributed by atoms with Crippen LogP contribution in [0.5, 0.6) is 0 Å². The van der Waals surface area contributed by atoms with E-state index in [9.17, 15) is 9.18 Å². The van der Waals surface area contributed by atoms with Gasteiger partial charge >= 0.3 is 5.97 Å². The summed E-state index contributed by atoms with van der Waals surface area (Å²) in [7, 11) is 1.36. The highest BCUT2D eigenvalue weighted by atomic mass is 19.1. The van der Waals surface area contributed by atoms with E-state index >= 15 is 0 Å². The minimum Gasteiger partial charge on any atom is -0.469 e. The Morgan fingerprint density at radius 2 is 2.31 bits per heavy atom. The molecule has 0 saturated heterocycles. The van der Waals surface area contributed by atoms with Crippen molar-refractivity contribution in [3.63, 3.8) is 0 Å². The summed E-state index contributed by atoms with van der Waals surface area (Å²) in [5, 5.41) is 0. The summed E-state index contributed by atoms with van der Waals surface area (Å²) in [6.07, 6.45) is 1.28. The average Bonchev–Trinajstić information content (AvgIpc) is 2.28. The monoisotopic (exact) mass is 223 g/mol. The maximum atomic E-state index is 13.0. The Bertz CT molecular complexity index is 419. The molecule has 0 aromatic heterocycles. The minimum absolute atomic E-state index is 0.262. The Balaban J connectivity index is 2.32. The van der Waals surface area contributed by atoms with Crippen LogP contribution in [0.3, 0.4) is 0 Å². The molecule has 1 aromatic carbocycles. The lowest BCUT2D eigenvalue weighted by atomic mass is 9.80. The quantitative estimate of drug-likeness (QED) is 0.735. The number of ether oxygens (including phenoxy) is 1. The first kappa shape index (κ1) is 11.1. The highest BCUT2D eigenvalue weighted by Gasteiger charge is 2.32. The van der Waals surface area contributed by atoms with Crippen LogP contribution in [0.25, 0.3) is 0 Å². The molecule has 0 saturated carbocycles. The fourth-order valence-corrected chi connectivity index (χ4v) is 2.24. The zero-order valence-electron chi connectivity index (χ0n) is 9.07. The molecule has 0 bridgehead atoms. The van der Waals surface area contributed by atoms with Crippen molar-refractivity contribution in [2.45, 2.75) is 18.9 Å². The number of halogens is 1. The van der Waals surface area contributed by atoms with Crippen LogP contribution in [-0.4, -0.2) is 13.1 Å². The van der Waals surface area contributed by atoms with Crippen molar-refractivity contribution < 1.29 is 13.9 Å². The van der Waals surface area contributed by atoms with Crippen molar-refractivity contribution in [3.8, 4) is 0 Å². The van der Waals surface area contributed by atoms with Crippen LogP contribution in [0.4, 0.5) is 4.39 Å². The van der Waals surface area contributed by atoms with Crippen LogP contribution in [0.1, 0.15) is 23.6 Å². The van der Waals surface area contributed by atoms with Gasteiger partial charge in [0.05, 0.1) is 13.0 Å². The summed E-state index contributed by atoms with van der Waals surface area (Å²) in [6, 6.07) is 4.13. The first-order valence-electron chi connectivity index (χ1n) is 5.25. The number of hydrogen-bond acceptors (Lipinski definition) is 3. The van der Waals surface area contributed by atoms with E-state index in [1.54, 1.807) is 6.07 Å². The molecule has 3 nitrogen and oxygen atoms in total. The molecule has 0 fully saturated rings. The summed E-state index contributed by atoms with van der Waals surface area (Å²) in [5.74, 6) is -0.868. The van der Waals surface area contributed by atoms with E-state index in [1.807, 2.05) is 0 Å². The largest absolute Gasteiger partial charge is 0.469 e. The van der Waals surface area contributed by atoms with Gasteiger partial charge in [-0.2, -0.15) is 0 Å². The summed E-state index contributed by atoms with van der Waals surface area (Å²) in [4.78, 5) is 11.5. The van der Waals surface area contributed by atoms with Gasteiger partial charge in [0, 0.05) is 6.04 Å². The predicted molar refractivity (Wildman–Crippen MR) is 57.2 cm³/mol. The second-order valence-electron chi connectivity index (χ2n) is 4.04. The topological polar surface area (TPSA) is 52.3 Å². The lowest BCUT2D eigenvalue weighted by Gasteiger charge is -2.29. The molecular weight excluding hydrogens is 209 g/mol. The number of rotatable bonds is 1. The molecule has 1 aromatic rings. The SMILES string of the molecule is COC(=O)C1CCc2cc(F)ccc2C1N. The van der Waals surface area contributed by atoms with Gasteiger partial charge in [-0.15, -0.1) is 0 Å². The first-order valence-corrected chi connectivity index (χ1v) is 5.25. The number of benzene rings is 1. The molecule has 1 aliphatic rings. The third kappa shape index (κ3) is 1.80. The van der Waals surface area contributed by atoms with Gasteiger partial charge in [-0.05, 0) is 36.1 Å². The number of aryl methyl sites for hydroxylation is 1. The third-order valence-electron chi connectivity index (χ3n) is 3.13. The zero-order chi connectivity index (χ0) is 11.7. The van der Waals surface area contributed by atoms with Gasteiger partial charge in [-0.3, -0.25) is 4.79 Å². The Kier molecular flexibility index (Phi) is 2.92. The molecule has 0 amide bonds. The van der Waals surface area contributed by atoms with Crippen molar-refractivity contribution in [3.05, 3.63) is 35.1 Å². The maximum Gasteiger partial charge on any atom is 0.310 e. The number of carbonyl (C=O) groups is 1.